The molecule has 2 heterocycles. The molecule has 0 unspecified atom stereocenters. The number of aromatic nitrogens is 1. The maximum absolute atomic E-state index is 13.1. The summed E-state index contributed by atoms with van der Waals surface area (Å²) in [5.74, 6) is -0.656. The second-order valence-corrected chi connectivity index (χ2v) is 6.69. The summed E-state index contributed by atoms with van der Waals surface area (Å²) in [7, 11) is 0. The molecule has 3 N–H and O–H groups in total. The lowest BCUT2D eigenvalue weighted by atomic mass is 10.1. The smallest absolute Gasteiger partial charge is 0.259 e. The number of carbonyl (C=O) groups excluding carboxylic acids is 2. The number of nitrogens with two attached hydrogens (primary N) is 1. The number of ketones is 1. The number of nitrogen functional groups attached to an aromatic ring is 1. The molecule has 4 aromatic rings. The SMILES string of the molecule is Nc1c(C(=O)Nc2ccccc2)c2ccccn2c1C(=O)c1ccc(Cl)cc1. The zero-order valence-corrected chi connectivity index (χ0v) is 15.5. The van der Waals surface area contributed by atoms with Crippen molar-refractivity contribution >= 4 is 40.2 Å². The van der Waals surface area contributed by atoms with Crippen LogP contribution in [-0.4, -0.2) is 16.1 Å². The van der Waals surface area contributed by atoms with E-state index >= 15 is 0 Å². The molecule has 2 aromatic heterocycles. The van der Waals surface area contributed by atoms with E-state index in [1.54, 1.807) is 65.2 Å². The van der Waals surface area contributed by atoms with Crippen LogP contribution in [0.1, 0.15) is 26.4 Å². The fraction of sp³-hybridized carbons (Fsp3) is 0. The fourth-order valence-electron chi connectivity index (χ4n) is 3.15. The number of amides is 1. The van der Waals surface area contributed by atoms with Crippen LogP contribution < -0.4 is 11.1 Å². The Morgan fingerprint density at radius 3 is 2.29 bits per heavy atom. The highest BCUT2D eigenvalue weighted by Crippen LogP contribution is 2.29. The largest absolute Gasteiger partial charge is 0.396 e. The van der Waals surface area contributed by atoms with Gasteiger partial charge >= 0.3 is 0 Å². The van der Waals surface area contributed by atoms with Gasteiger partial charge in [-0.2, -0.15) is 0 Å². The van der Waals surface area contributed by atoms with Crippen molar-refractivity contribution in [3.63, 3.8) is 0 Å². The standard InChI is InChI=1S/C22H16ClN3O2/c23-15-11-9-14(10-12-15)21(27)20-19(24)18(17-8-4-5-13-26(17)20)22(28)25-16-6-2-1-3-7-16/h1-13H,24H2,(H,25,28). The highest BCUT2D eigenvalue weighted by Gasteiger charge is 2.26. The van der Waals surface area contributed by atoms with E-state index < -0.39 is 0 Å². The Balaban J connectivity index is 1.83. The molecule has 0 saturated carbocycles. The Hall–Kier alpha value is -3.57. The number of hydrogen-bond acceptors (Lipinski definition) is 3. The number of anilines is 2. The number of fused-ring (bicyclic) bond motifs is 1. The quantitative estimate of drug-likeness (QED) is 0.498. The zero-order valence-electron chi connectivity index (χ0n) is 14.7. The molecule has 0 aliphatic heterocycles. The number of halogens is 1. The lowest BCUT2D eigenvalue weighted by Gasteiger charge is -2.05. The average molecular weight is 390 g/mol. The van der Waals surface area contributed by atoms with Crippen LogP contribution in [0.2, 0.25) is 5.02 Å². The molecule has 0 radical (unpaired) electrons. The van der Waals surface area contributed by atoms with E-state index in [-0.39, 0.29) is 28.6 Å². The molecule has 2 aromatic carbocycles. The Labute approximate surface area is 166 Å². The average Bonchev–Trinajstić information content (AvgIpc) is 3.00. The van der Waals surface area contributed by atoms with Gasteiger partial charge in [0.15, 0.2) is 0 Å². The van der Waals surface area contributed by atoms with Crippen molar-refractivity contribution in [1.29, 1.82) is 0 Å². The van der Waals surface area contributed by atoms with Gasteiger partial charge in [0.2, 0.25) is 5.78 Å². The Morgan fingerprint density at radius 2 is 1.57 bits per heavy atom. The minimum absolute atomic E-state index is 0.139. The molecule has 5 nitrogen and oxygen atoms in total. The van der Waals surface area contributed by atoms with E-state index in [9.17, 15) is 9.59 Å². The lowest BCUT2D eigenvalue weighted by molar-refractivity contribution is 0.102. The predicted molar refractivity (Wildman–Crippen MR) is 111 cm³/mol. The van der Waals surface area contributed by atoms with Gasteiger partial charge in [-0.3, -0.25) is 9.59 Å². The molecule has 0 fully saturated rings. The first-order valence-corrected chi connectivity index (χ1v) is 8.99. The van der Waals surface area contributed by atoms with Crippen molar-refractivity contribution in [2.24, 2.45) is 0 Å². The van der Waals surface area contributed by atoms with E-state index in [1.165, 1.54) is 0 Å². The monoisotopic (exact) mass is 389 g/mol. The second-order valence-electron chi connectivity index (χ2n) is 6.25. The number of carbonyl (C=O) groups is 2. The van der Waals surface area contributed by atoms with Crippen LogP contribution in [-0.2, 0) is 0 Å². The predicted octanol–water partition coefficient (Wildman–Crippen LogP) is 4.66. The van der Waals surface area contributed by atoms with Gasteiger partial charge in [0.1, 0.15) is 5.69 Å². The molecular weight excluding hydrogens is 374 g/mol. The van der Waals surface area contributed by atoms with Crippen LogP contribution in [0.15, 0.2) is 79.0 Å². The van der Waals surface area contributed by atoms with Crippen molar-refractivity contribution in [2.75, 3.05) is 11.1 Å². The summed E-state index contributed by atoms with van der Waals surface area (Å²) in [6.07, 6.45) is 1.72. The van der Waals surface area contributed by atoms with Gasteiger partial charge in [-0.1, -0.05) is 35.9 Å². The summed E-state index contributed by atoms with van der Waals surface area (Å²) in [4.78, 5) is 26.0. The molecule has 0 aliphatic carbocycles. The second kappa shape index (κ2) is 7.21. The van der Waals surface area contributed by atoms with Crippen LogP contribution in [0.25, 0.3) is 5.52 Å². The molecular formula is C22H16ClN3O2. The first kappa shape index (κ1) is 17.8. The Kier molecular flexibility index (Phi) is 4.59. The molecule has 0 atom stereocenters. The topological polar surface area (TPSA) is 76.6 Å². The van der Waals surface area contributed by atoms with Crippen LogP contribution >= 0.6 is 11.6 Å². The van der Waals surface area contributed by atoms with E-state index in [0.29, 0.717) is 21.8 Å². The van der Waals surface area contributed by atoms with Gasteiger partial charge < -0.3 is 15.5 Å². The maximum Gasteiger partial charge on any atom is 0.259 e. The third-order valence-electron chi connectivity index (χ3n) is 4.46. The van der Waals surface area contributed by atoms with Gasteiger partial charge in [0, 0.05) is 22.5 Å². The molecule has 0 aliphatic rings. The first-order chi connectivity index (χ1) is 13.6. The minimum Gasteiger partial charge on any atom is -0.396 e. The fourth-order valence-corrected chi connectivity index (χ4v) is 3.28. The number of pyridine rings is 1. The summed E-state index contributed by atoms with van der Waals surface area (Å²) in [5.41, 5.74) is 8.61. The molecule has 1 amide bonds. The van der Waals surface area contributed by atoms with Gasteiger partial charge in [0.25, 0.3) is 5.91 Å². The molecule has 4 rings (SSSR count). The maximum atomic E-state index is 13.1. The summed E-state index contributed by atoms with van der Waals surface area (Å²) >= 11 is 5.92. The third-order valence-corrected chi connectivity index (χ3v) is 4.71. The normalized spacial score (nSPS) is 10.8. The lowest BCUT2D eigenvalue weighted by Crippen LogP contribution is -2.14. The summed E-state index contributed by atoms with van der Waals surface area (Å²) in [5, 5.41) is 3.36. The summed E-state index contributed by atoms with van der Waals surface area (Å²) in [6.45, 7) is 0. The molecule has 28 heavy (non-hydrogen) atoms. The van der Waals surface area contributed by atoms with E-state index in [4.69, 9.17) is 17.3 Å². The minimum atomic E-state index is -0.373. The van der Waals surface area contributed by atoms with Gasteiger partial charge in [-0.15, -0.1) is 0 Å². The van der Waals surface area contributed by atoms with Crippen LogP contribution in [0, 0.1) is 0 Å². The third kappa shape index (κ3) is 3.12. The van der Waals surface area contributed by atoms with Gasteiger partial charge in [-0.25, -0.2) is 0 Å². The number of hydrogen-bond donors (Lipinski definition) is 2. The number of nitrogens with one attached hydrogen (secondary N) is 1. The molecule has 0 saturated heterocycles. The molecule has 6 heteroatoms. The van der Waals surface area contributed by atoms with Crippen LogP contribution in [0.3, 0.4) is 0 Å². The van der Waals surface area contributed by atoms with Crippen molar-refractivity contribution < 1.29 is 9.59 Å². The number of rotatable bonds is 4. The van der Waals surface area contributed by atoms with Crippen molar-refractivity contribution in [3.8, 4) is 0 Å². The summed E-state index contributed by atoms with van der Waals surface area (Å²) < 4.78 is 1.65. The Bertz CT molecular complexity index is 1180. The van der Waals surface area contributed by atoms with Gasteiger partial charge in [0.05, 0.1) is 16.8 Å². The number of nitrogens with zero attached hydrogens (tertiary/aromatic N) is 1. The first-order valence-electron chi connectivity index (χ1n) is 8.61. The van der Waals surface area contributed by atoms with Crippen molar-refractivity contribution in [1.82, 2.24) is 4.40 Å². The van der Waals surface area contributed by atoms with E-state index in [1.807, 2.05) is 18.2 Å². The molecule has 0 spiro atoms. The van der Waals surface area contributed by atoms with Crippen LogP contribution in [0.4, 0.5) is 11.4 Å². The number of benzene rings is 2. The van der Waals surface area contributed by atoms with Crippen molar-refractivity contribution in [3.05, 3.63) is 101 Å². The van der Waals surface area contributed by atoms with Gasteiger partial charge in [-0.05, 0) is 48.5 Å². The highest BCUT2D eigenvalue weighted by atomic mass is 35.5. The molecule has 138 valence electrons. The highest BCUT2D eigenvalue weighted by molar-refractivity contribution is 6.30. The number of para-hydroxylation sites is 1. The van der Waals surface area contributed by atoms with E-state index in [2.05, 4.69) is 5.32 Å². The zero-order chi connectivity index (χ0) is 19.7. The Morgan fingerprint density at radius 1 is 0.893 bits per heavy atom. The summed E-state index contributed by atoms with van der Waals surface area (Å²) in [6, 6.07) is 21.0. The van der Waals surface area contributed by atoms with Crippen molar-refractivity contribution in [2.45, 2.75) is 0 Å². The van der Waals surface area contributed by atoms with E-state index in [0.717, 1.165) is 0 Å². The molecule has 0 bridgehead atoms. The van der Waals surface area contributed by atoms with Crippen LogP contribution in [0.5, 0.6) is 0 Å².